The number of nitrogens with two attached hydrogens (primary N) is 1. The van der Waals surface area contributed by atoms with Crippen LogP contribution < -0.4 is 10.6 Å². The molecule has 0 saturated heterocycles. The van der Waals surface area contributed by atoms with Gasteiger partial charge in [-0.05, 0) is 50.7 Å². The van der Waals surface area contributed by atoms with E-state index in [1.165, 1.54) is 30.5 Å². The average Bonchev–Trinajstić information content (AvgIpc) is 2.70. The summed E-state index contributed by atoms with van der Waals surface area (Å²) in [6.07, 6.45) is 3.67. The van der Waals surface area contributed by atoms with Crippen molar-refractivity contribution in [2.75, 3.05) is 18.0 Å². The predicted molar refractivity (Wildman–Crippen MR) is 83.6 cm³/mol. The van der Waals surface area contributed by atoms with Crippen LogP contribution in [0.1, 0.15) is 45.6 Å². The number of hydrogen-bond acceptors (Lipinski definition) is 2. The highest BCUT2D eigenvalue weighted by Gasteiger charge is 2.45. The standard InChI is InChI=1S/C17H28N2/c1-5-19(15-8-6-14(2)7-9-15)17(13-18)11-10-16(3,4)12-17/h6-9H,5,10-13,18H2,1-4H3. The Bertz CT molecular complexity index is 421. The van der Waals surface area contributed by atoms with Gasteiger partial charge in [0.25, 0.3) is 0 Å². The predicted octanol–water partition coefficient (Wildman–Crippen LogP) is 3.73. The maximum atomic E-state index is 6.19. The number of likely N-dealkylation sites (N-methyl/N-ethyl adjacent to an activating group) is 1. The molecule has 0 aromatic heterocycles. The summed E-state index contributed by atoms with van der Waals surface area (Å²) < 4.78 is 0. The van der Waals surface area contributed by atoms with Crippen LogP contribution in [0, 0.1) is 12.3 Å². The molecule has 0 spiro atoms. The third-order valence-electron chi connectivity index (χ3n) is 4.69. The summed E-state index contributed by atoms with van der Waals surface area (Å²) >= 11 is 0. The van der Waals surface area contributed by atoms with E-state index in [2.05, 4.69) is 56.9 Å². The van der Waals surface area contributed by atoms with Crippen molar-refractivity contribution in [3.8, 4) is 0 Å². The van der Waals surface area contributed by atoms with Crippen LogP contribution in [0.3, 0.4) is 0 Å². The molecule has 1 saturated carbocycles. The Morgan fingerprint density at radius 1 is 1.16 bits per heavy atom. The summed E-state index contributed by atoms with van der Waals surface area (Å²) in [7, 11) is 0. The van der Waals surface area contributed by atoms with E-state index in [1.807, 2.05) is 0 Å². The Labute approximate surface area is 118 Å². The first-order chi connectivity index (χ1) is 8.92. The quantitative estimate of drug-likeness (QED) is 0.894. The van der Waals surface area contributed by atoms with Crippen molar-refractivity contribution < 1.29 is 0 Å². The highest BCUT2D eigenvalue weighted by atomic mass is 15.2. The van der Waals surface area contributed by atoms with Crippen molar-refractivity contribution in [2.45, 2.75) is 52.5 Å². The summed E-state index contributed by atoms with van der Waals surface area (Å²) in [5, 5.41) is 0. The van der Waals surface area contributed by atoms with Crippen LogP contribution >= 0.6 is 0 Å². The van der Waals surface area contributed by atoms with Gasteiger partial charge in [0.1, 0.15) is 0 Å². The zero-order valence-corrected chi connectivity index (χ0v) is 12.9. The molecule has 0 amide bonds. The SMILES string of the molecule is CCN(c1ccc(C)cc1)C1(CN)CCC(C)(C)C1. The van der Waals surface area contributed by atoms with Gasteiger partial charge >= 0.3 is 0 Å². The third-order valence-corrected chi connectivity index (χ3v) is 4.69. The molecule has 1 aliphatic rings. The molecule has 2 rings (SSSR count). The van der Waals surface area contributed by atoms with E-state index >= 15 is 0 Å². The number of nitrogens with zero attached hydrogens (tertiary/aromatic N) is 1. The molecule has 0 aliphatic heterocycles. The van der Waals surface area contributed by atoms with Gasteiger partial charge in [-0.25, -0.2) is 0 Å². The van der Waals surface area contributed by atoms with E-state index in [1.54, 1.807) is 0 Å². The lowest BCUT2D eigenvalue weighted by atomic mass is 9.86. The van der Waals surface area contributed by atoms with Crippen LogP contribution in [0.5, 0.6) is 0 Å². The summed E-state index contributed by atoms with van der Waals surface area (Å²) in [6.45, 7) is 10.9. The van der Waals surface area contributed by atoms with Gasteiger partial charge in [-0.1, -0.05) is 31.5 Å². The number of hydrogen-bond donors (Lipinski definition) is 1. The zero-order chi connectivity index (χ0) is 14.1. The number of benzene rings is 1. The third kappa shape index (κ3) is 2.79. The first-order valence-electron chi connectivity index (χ1n) is 7.47. The zero-order valence-electron chi connectivity index (χ0n) is 12.9. The lowest BCUT2D eigenvalue weighted by Crippen LogP contribution is -2.53. The fraction of sp³-hybridized carbons (Fsp3) is 0.647. The summed E-state index contributed by atoms with van der Waals surface area (Å²) in [5.41, 5.74) is 9.38. The highest BCUT2D eigenvalue weighted by molar-refractivity contribution is 5.50. The van der Waals surface area contributed by atoms with Crippen molar-refractivity contribution in [3.05, 3.63) is 29.8 Å². The minimum atomic E-state index is 0.146. The molecule has 19 heavy (non-hydrogen) atoms. The van der Waals surface area contributed by atoms with Gasteiger partial charge in [0.15, 0.2) is 0 Å². The van der Waals surface area contributed by atoms with Crippen molar-refractivity contribution in [2.24, 2.45) is 11.1 Å². The van der Waals surface area contributed by atoms with E-state index in [0.29, 0.717) is 5.41 Å². The number of anilines is 1. The Balaban J connectivity index is 2.32. The molecular formula is C17H28N2. The lowest BCUT2D eigenvalue weighted by molar-refractivity contribution is 0.326. The van der Waals surface area contributed by atoms with Gasteiger partial charge in [-0.3, -0.25) is 0 Å². The first kappa shape index (κ1) is 14.4. The second-order valence-corrected chi connectivity index (χ2v) is 6.85. The maximum absolute atomic E-state index is 6.19. The second kappa shape index (κ2) is 5.16. The van der Waals surface area contributed by atoms with Gasteiger partial charge in [0.05, 0.1) is 5.54 Å². The molecule has 0 bridgehead atoms. The largest absolute Gasteiger partial charge is 0.365 e. The highest BCUT2D eigenvalue weighted by Crippen LogP contribution is 2.47. The first-order valence-corrected chi connectivity index (χ1v) is 7.47. The maximum Gasteiger partial charge on any atom is 0.0529 e. The van der Waals surface area contributed by atoms with Gasteiger partial charge < -0.3 is 10.6 Å². The monoisotopic (exact) mass is 260 g/mol. The van der Waals surface area contributed by atoms with Crippen molar-refractivity contribution >= 4 is 5.69 Å². The van der Waals surface area contributed by atoms with E-state index in [-0.39, 0.29) is 5.54 Å². The van der Waals surface area contributed by atoms with Gasteiger partial charge in [0.2, 0.25) is 0 Å². The second-order valence-electron chi connectivity index (χ2n) is 6.85. The van der Waals surface area contributed by atoms with Gasteiger partial charge in [-0.15, -0.1) is 0 Å². The molecule has 2 N–H and O–H groups in total. The normalized spacial score (nSPS) is 25.5. The molecule has 1 aliphatic carbocycles. The molecule has 0 radical (unpaired) electrons. The Hall–Kier alpha value is -1.02. The molecule has 106 valence electrons. The molecule has 1 unspecified atom stereocenters. The van der Waals surface area contributed by atoms with Crippen LogP contribution in [0.25, 0.3) is 0 Å². The average molecular weight is 260 g/mol. The number of rotatable bonds is 4. The Morgan fingerprint density at radius 2 is 1.79 bits per heavy atom. The lowest BCUT2D eigenvalue weighted by Gasteiger charge is -2.43. The van der Waals surface area contributed by atoms with Crippen LogP contribution in [0.4, 0.5) is 5.69 Å². The van der Waals surface area contributed by atoms with Crippen LogP contribution in [-0.4, -0.2) is 18.6 Å². The Morgan fingerprint density at radius 3 is 2.21 bits per heavy atom. The van der Waals surface area contributed by atoms with Crippen LogP contribution in [-0.2, 0) is 0 Å². The van der Waals surface area contributed by atoms with E-state index in [9.17, 15) is 0 Å². The fourth-order valence-corrected chi connectivity index (χ4v) is 3.67. The van der Waals surface area contributed by atoms with E-state index < -0.39 is 0 Å². The molecule has 1 aromatic rings. The molecule has 2 heteroatoms. The van der Waals surface area contributed by atoms with Gasteiger partial charge in [0, 0.05) is 18.8 Å². The minimum Gasteiger partial charge on any atom is -0.365 e. The Kier molecular flexibility index (Phi) is 3.91. The molecule has 0 heterocycles. The van der Waals surface area contributed by atoms with Crippen LogP contribution in [0.15, 0.2) is 24.3 Å². The van der Waals surface area contributed by atoms with E-state index in [4.69, 9.17) is 5.73 Å². The minimum absolute atomic E-state index is 0.146. The summed E-state index contributed by atoms with van der Waals surface area (Å²) in [6, 6.07) is 8.87. The number of aryl methyl sites for hydroxylation is 1. The smallest absolute Gasteiger partial charge is 0.0529 e. The fourth-order valence-electron chi connectivity index (χ4n) is 3.67. The molecule has 2 nitrogen and oxygen atoms in total. The molecule has 1 fully saturated rings. The molecular weight excluding hydrogens is 232 g/mol. The van der Waals surface area contributed by atoms with Gasteiger partial charge in [-0.2, -0.15) is 0 Å². The van der Waals surface area contributed by atoms with Crippen molar-refractivity contribution in [1.29, 1.82) is 0 Å². The topological polar surface area (TPSA) is 29.3 Å². The summed E-state index contributed by atoms with van der Waals surface area (Å²) in [5.74, 6) is 0. The van der Waals surface area contributed by atoms with Crippen molar-refractivity contribution in [3.63, 3.8) is 0 Å². The molecule has 1 aromatic carbocycles. The van der Waals surface area contributed by atoms with Crippen molar-refractivity contribution in [1.82, 2.24) is 0 Å². The summed E-state index contributed by atoms with van der Waals surface area (Å²) in [4.78, 5) is 2.53. The van der Waals surface area contributed by atoms with E-state index in [0.717, 1.165) is 13.1 Å². The molecule has 1 atom stereocenters. The van der Waals surface area contributed by atoms with Crippen LogP contribution in [0.2, 0.25) is 0 Å².